The van der Waals surface area contributed by atoms with Gasteiger partial charge in [-0.1, -0.05) is 12.1 Å². The van der Waals surface area contributed by atoms with E-state index in [0.717, 1.165) is 0 Å². The number of rotatable bonds is 3. The average molecular weight is 268 g/mol. The van der Waals surface area contributed by atoms with Gasteiger partial charge in [0.15, 0.2) is 0 Å². The molecule has 0 saturated carbocycles. The summed E-state index contributed by atoms with van der Waals surface area (Å²) in [6.07, 6.45) is -2.34. The van der Waals surface area contributed by atoms with Gasteiger partial charge >= 0.3 is 5.97 Å². The van der Waals surface area contributed by atoms with Crippen LogP contribution in [-0.4, -0.2) is 57.4 Å². The first kappa shape index (κ1) is 14.0. The van der Waals surface area contributed by atoms with Crippen molar-refractivity contribution in [3.05, 3.63) is 35.4 Å². The lowest BCUT2D eigenvalue weighted by Gasteiger charge is -2.40. The maximum atomic E-state index is 10.7. The fourth-order valence-electron chi connectivity index (χ4n) is 2.13. The molecule has 3 atom stereocenters. The number of aliphatic hydroxyl groups is 3. The fourth-order valence-corrected chi connectivity index (χ4v) is 2.13. The van der Waals surface area contributed by atoms with Crippen LogP contribution in [0.25, 0.3) is 0 Å². The summed E-state index contributed by atoms with van der Waals surface area (Å²) < 4.78 is 4.94. The lowest BCUT2D eigenvalue weighted by Crippen LogP contribution is -2.60. The van der Waals surface area contributed by atoms with Crippen LogP contribution < -0.4 is 0 Å². The summed E-state index contributed by atoms with van der Waals surface area (Å²) in [7, 11) is 0. The summed E-state index contributed by atoms with van der Waals surface area (Å²) >= 11 is 0. The molecule has 1 aromatic rings. The number of aliphatic hydroxyl groups excluding tert-OH is 2. The minimum atomic E-state index is -1.68. The van der Waals surface area contributed by atoms with Crippen LogP contribution in [-0.2, 0) is 11.2 Å². The van der Waals surface area contributed by atoms with Crippen LogP contribution in [0.3, 0.4) is 0 Å². The molecule has 0 aromatic heterocycles. The molecule has 19 heavy (non-hydrogen) atoms. The van der Waals surface area contributed by atoms with Gasteiger partial charge in [0.2, 0.25) is 0 Å². The molecular weight excluding hydrogens is 252 g/mol. The Hall–Kier alpha value is -1.47. The Morgan fingerprint density at radius 1 is 1.21 bits per heavy atom. The maximum Gasteiger partial charge on any atom is 0.335 e. The van der Waals surface area contributed by atoms with Gasteiger partial charge in [0.1, 0.15) is 17.8 Å². The molecule has 0 aliphatic carbocycles. The number of carboxylic acids is 1. The highest BCUT2D eigenvalue weighted by Crippen LogP contribution is 2.26. The summed E-state index contributed by atoms with van der Waals surface area (Å²) in [5.41, 5.74) is -0.903. The fraction of sp³-hybridized carbons (Fsp3) is 0.462. The third-order valence-electron chi connectivity index (χ3n) is 3.39. The minimum Gasteiger partial charge on any atom is -0.478 e. The predicted octanol–water partition coefficient (Wildman–Crippen LogP) is -0.590. The second-order valence-corrected chi connectivity index (χ2v) is 4.74. The molecule has 6 heteroatoms. The van der Waals surface area contributed by atoms with Crippen molar-refractivity contribution in [2.75, 3.05) is 13.2 Å². The van der Waals surface area contributed by atoms with Crippen molar-refractivity contribution in [1.82, 2.24) is 0 Å². The Bertz CT molecular complexity index is 445. The lowest BCUT2D eigenvalue weighted by molar-refractivity contribution is -0.212. The smallest absolute Gasteiger partial charge is 0.335 e. The quantitative estimate of drug-likeness (QED) is 0.584. The number of hydrogen-bond acceptors (Lipinski definition) is 5. The molecule has 1 unspecified atom stereocenters. The number of carboxylic acid groups (broad SMARTS) is 1. The molecule has 0 radical (unpaired) electrons. The Morgan fingerprint density at radius 3 is 2.21 bits per heavy atom. The van der Waals surface area contributed by atoms with Crippen molar-refractivity contribution in [2.45, 2.75) is 24.2 Å². The Balaban J connectivity index is 2.16. The van der Waals surface area contributed by atoms with Crippen LogP contribution >= 0.6 is 0 Å². The number of benzene rings is 1. The topological polar surface area (TPSA) is 107 Å². The standard InChI is InChI=1S/C13H16O6/c14-10-6-19-7-11(15)13(10,18)5-8-1-3-9(4-2-8)12(16)17/h1-4,10-11,14-15,18H,5-7H2,(H,16,17)/t10-,11+,13?. The van der Waals surface area contributed by atoms with E-state index in [1.807, 2.05) is 0 Å². The summed E-state index contributed by atoms with van der Waals surface area (Å²) in [4.78, 5) is 10.7. The molecule has 1 saturated heterocycles. The van der Waals surface area contributed by atoms with Gasteiger partial charge in [-0.05, 0) is 17.7 Å². The van der Waals surface area contributed by atoms with Crippen molar-refractivity contribution < 1.29 is 30.0 Å². The Morgan fingerprint density at radius 2 is 1.74 bits per heavy atom. The van der Waals surface area contributed by atoms with E-state index < -0.39 is 23.8 Å². The van der Waals surface area contributed by atoms with Gasteiger partial charge in [0, 0.05) is 6.42 Å². The van der Waals surface area contributed by atoms with E-state index in [-0.39, 0.29) is 25.2 Å². The lowest BCUT2D eigenvalue weighted by atomic mass is 9.83. The largest absolute Gasteiger partial charge is 0.478 e. The zero-order valence-electron chi connectivity index (χ0n) is 10.2. The Labute approximate surface area is 109 Å². The molecule has 1 heterocycles. The van der Waals surface area contributed by atoms with Crippen LogP contribution in [0.2, 0.25) is 0 Å². The van der Waals surface area contributed by atoms with Gasteiger partial charge < -0.3 is 25.2 Å². The number of hydrogen-bond donors (Lipinski definition) is 4. The van der Waals surface area contributed by atoms with E-state index in [1.165, 1.54) is 12.1 Å². The molecule has 1 aromatic carbocycles. The predicted molar refractivity (Wildman–Crippen MR) is 64.9 cm³/mol. The number of carbonyl (C=O) groups is 1. The van der Waals surface area contributed by atoms with Crippen LogP contribution in [0.4, 0.5) is 0 Å². The van der Waals surface area contributed by atoms with E-state index in [4.69, 9.17) is 9.84 Å². The zero-order chi connectivity index (χ0) is 14.0. The van der Waals surface area contributed by atoms with E-state index in [9.17, 15) is 20.1 Å². The third-order valence-corrected chi connectivity index (χ3v) is 3.39. The molecule has 0 amide bonds. The van der Waals surface area contributed by atoms with Crippen LogP contribution in [0, 0.1) is 0 Å². The van der Waals surface area contributed by atoms with Crippen LogP contribution in [0.15, 0.2) is 24.3 Å². The highest BCUT2D eigenvalue weighted by atomic mass is 16.5. The molecule has 2 rings (SSSR count). The van der Waals surface area contributed by atoms with Crippen molar-refractivity contribution in [2.24, 2.45) is 0 Å². The van der Waals surface area contributed by atoms with Gasteiger partial charge in [-0.3, -0.25) is 0 Å². The Kier molecular flexibility index (Phi) is 3.86. The normalized spacial score (nSPS) is 31.1. The van der Waals surface area contributed by atoms with Crippen LogP contribution in [0.5, 0.6) is 0 Å². The van der Waals surface area contributed by atoms with Crippen molar-refractivity contribution in [3.8, 4) is 0 Å². The summed E-state index contributed by atoms with van der Waals surface area (Å²) in [6, 6.07) is 5.94. The first-order chi connectivity index (χ1) is 8.93. The maximum absolute atomic E-state index is 10.7. The van der Waals surface area contributed by atoms with E-state index in [0.29, 0.717) is 5.56 Å². The van der Waals surface area contributed by atoms with E-state index in [2.05, 4.69) is 0 Å². The van der Waals surface area contributed by atoms with Gasteiger partial charge in [-0.15, -0.1) is 0 Å². The molecule has 4 N–H and O–H groups in total. The highest BCUT2D eigenvalue weighted by Gasteiger charge is 2.45. The van der Waals surface area contributed by atoms with Gasteiger partial charge in [-0.25, -0.2) is 4.79 Å². The van der Waals surface area contributed by atoms with Crippen molar-refractivity contribution in [1.29, 1.82) is 0 Å². The third kappa shape index (κ3) is 2.76. The van der Waals surface area contributed by atoms with E-state index >= 15 is 0 Å². The monoisotopic (exact) mass is 268 g/mol. The van der Waals surface area contributed by atoms with Crippen molar-refractivity contribution in [3.63, 3.8) is 0 Å². The first-order valence-electron chi connectivity index (χ1n) is 5.92. The molecule has 1 aliphatic heterocycles. The van der Waals surface area contributed by atoms with E-state index in [1.54, 1.807) is 12.1 Å². The zero-order valence-corrected chi connectivity index (χ0v) is 10.2. The minimum absolute atomic E-state index is 0.0264. The van der Waals surface area contributed by atoms with Gasteiger partial charge in [-0.2, -0.15) is 0 Å². The van der Waals surface area contributed by atoms with Crippen molar-refractivity contribution >= 4 is 5.97 Å². The molecular formula is C13H16O6. The molecule has 104 valence electrons. The SMILES string of the molecule is O=C(O)c1ccc(CC2(O)[C@H](O)COC[C@@H]2O)cc1. The summed E-state index contributed by atoms with van der Waals surface area (Å²) in [5.74, 6) is -1.03. The second kappa shape index (κ2) is 5.26. The molecule has 0 bridgehead atoms. The summed E-state index contributed by atoms with van der Waals surface area (Å²) in [6.45, 7) is -0.0818. The first-order valence-corrected chi connectivity index (χ1v) is 5.92. The van der Waals surface area contributed by atoms with Gasteiger partial charge in [0.05, 0.1) is 18.8 Å². The number of ether oxygens (including phenoxy) is 1. The molecule has 1 fully saturated rings. The average Bonchev–Trinajstić information content (AvgIpc) is 2.37. The second-order valence-electron chi connectivity index (χ2n) is 4.74. The molecule has 6 nitrogen and oxygen atoms in total. The summed E-state index contributed by atoms with van der Waals surface area (Å²) in [5, 5.41) is 38.7. The van der Waals surface area contributed by atoms with Crippen LogP contribution in [0.1, 0.15) is 15.9 Å². The highest BCUT2D eigenvalue weighted by molar-refractivity contribution is 5.87. The molecule has 0 spiro atoms. The number of aromatic carboxylic acids is 1. The van der Waals surface area contributed by atoms with Gasteiger partial charge in [0.25, 0.3) is 0 Å². The molecule has 1 aliphatic rings.